The van der Waals surface area contributed by atoms with Crippen LogP contribution in [0.2, 0.25) is 0 Å². The van der Waals surface area contributed by atoms with Gasteiger partial charge in [0.2, 0.25) is 0 Å². The average Bonchev–Trinajstić information content (AvgIpc) is 2.90. The van der Waals surface area contributed by atoms with Crippen LogP contribution in [0.25, 0.3) is 0 Å². The molecule has 0 unspecified atom stereocenters. The number of likely N-dealkylation sites (tertiary alicyclic amines) is 1. The lowest BCUT2D eigenvalue weighted by Crippen LogP contribution is -2.33. The molecule has 0 bridgehead atoms. The Bertz CT molecular complexity index is 1130. The van der Waals surface area contributed by atoms with E-state index in [9.17, 15) is 4.79 Å². The van der Waals surface area contributed by atoms with Gasteiger partial charge in [-0.1, -0.05) is 86.6 Å². The molecule has 0 aliphatic carbocycles. The highest BCUT2D eigenvalue weighted by Crippen LogP contribution is 2.27. The summed E-state index contributed by atoms with van der Waals surface area (Å²) in [6.45, 7) is 9.57. The summed E-state index contributed by atoms with van der Waals surface area (Å²) in [6, 6.07) is 29.2. The fourth-order valence-electron chi connectivity index (χ4n) is 5.20. The van der Waals surface area contributed by atoms with Crippen LogP contribution in [0.3, 0.4) is 0 Å². The van der Waals surface area contributed by atoms with Gasteiger partial charge in [0.05, 0.1) is 0 Å². The minimum absolute atomic E-state index is 0.0444. The lowest BCUT2D eigenvalue weighted by atomic mass is 9.80. The second-order valence-electron chi connectivity index (χ2n) is 10.8. The number of nitrogens with zero attached hydrogens (tertiary/aromatic N) is 2. The number of carbonyl (C=O) groups excluding carboxylic acids is 1. The minimum Gasteiger partial charge on any atom is -0.299 e. The molecule has 1 aliphatic rings. The number of benzene rings is 3. The van der Waals surface area contributed by atoms with Gasteiger partial charge in [-0.2, -0.15) is 5.10 Å². The van der Waals surface area contributed by atoms with Crippen LogP contribution in [-0.4, -0.2) is 29.6 Å². The molecule has 3 aromatic carbocycles. The molecule has 1 N–H and O–H groups in total. The van der Waals surface area contributed by atoms with E-state index < -0.39 is 0 Å². The predicted octanol–water partition coefficient (Wildman–Crippen LogP) is 6.61. The highest BCUT2D eigenvalue weighted by Gasteiger charge is 2.22. The molecule has 1 heterocycles. The van der Waals surface area contributed by atoms with Crippen LogP contribution in [0, 0.1) is 5.92 Å². The summed E-state index contributed by atoms with van der Waals surface area (Å²) in [5, 5.41) is 4.37. The van der Waals surface area contributed by atoms with Gasteiger partial charge in [0.25, 0.3) is 5.91 Å². The van der Waals surface area contributed by atoms with Crippen molar-refractivity contribution in [2.24, 2.45) is 11.0 Å². The molecule has 4 nitrogen and oxygen atoms in total. The Morgan fingerprint density at radius 1 is 0.889 bits per heavy atom. The maximum atomic E-state index is 12.6. The Labute approximate surface area is 216 Å². The van der Waals surface area contributed by atoms with Crippen molar-refractivity contribution in [3.8, 4) is 0 Å². The summed E-state index contributed by atoms with van der Waals surface area (Å²) < 4.78 is 0. The van der Waals surface area contributed by atoms with Crippen LogP contribution >= 0.6 is 0 Å². The van der Waals surface area contributed by atoms with Crippen LogP contribution in [0.4, 0.5) is 0 Å². The SMILES string of the molecule is C/C(CC(C)(C)c1ccccc1)=N/NC(=O)c1ccc(CN2CCC(Cc3ccccc3)CC2)cc1. The molecule has 188 valence electrons. The third-order valence-corrected chi connectivity index (χ3v) is 7.30. The Balaban J connectivity index is 1.23. The van der Waals surface area contributed by atoms with Crippen molar-refractivity contribution in [2.45, 2.75) is 58.4 Å². The van der Waals surface area contributed by atoms with Gasteiger partial charge < -0.3 is 0 Å². The average molecular weight is 482 g/mol. The summed E-state index contributed by atoms with van der Waals surface area (Å²) >= 11 is 0. The van der Waals surface area contributed by atoms with Crippen LogP contribution in [0.5, 0.6) is 0 Å². The van der Waals surface area contributed by atoms with Crippen molar-refractivity contribution in [3.63, 3.8) is 0 Å². The Morgan fingerprint density at radius 3 is 2.14 bits per heavy atom. The van der Waals surface area contributed by atoms with Crippen LogP contribution in [0.1, 0.15) is 67.1 Å². The maximum Gasteiger partial charge on any atom is 0.271 e. The second kappa shape index (κ2) is 12.1. The molecule has 1 aliphatic heterocycles. The molecule has 1 fully saturated rings. The number of hydrazone groups is 1. The lowest BCUT2D eigenvalue weighted by molar-refractivity contribution is 0.0954. The predicted molar refractivity (Wildman–Crippen MR) is 149 cm³/mol. The highest BCUT2D eigenvalue weighted by atomic mass is 16.2. The summed E-state index contributed by atoms with van der Waals surface area (Å²) in [6.07, 6.45) is 4.45. The summed E-state index contributed by atoms with van der Waals surface area (Å²) in [5.41, 5.74) is 8.20. The van der Waals surface area contributed by atoms with E-state index in [0.717, 1.165) is 37.7 Å². The molecule has 1 saturated heterocycles. The van der Waals surface area contributed by atoms with Crippen LogP contribution in [-0.2, 0) is 18.4 Å². The molecule has 0 spiro atoms. The molecule has 0 atom stereocenters. The molecule has 4 heteroatoms. The monoisotopic (exact) mass is 481 g/mol. The van der Waals surface area contributed by atoms with E-state index in [4.69, 9.17) is 0 Å². The molecule has 0 radical (unpaired) electrons. The first-order valence-corrected chi connectivity index (χ1v) is 13.1. The van der Waals surface area contributed by atoms with Crippen molar-refractivity contribution in [3.05, 3.63) is 107 Å². The molecular weight excluding hydrogens is 442 g/mol. The number of rotatable bonds is 9. The summed E-state index contributed by atoms with van der Waals surface area (Å²) in [5.74, 6) is 0.608. The summed E-state index contributed by atoms with van der Waals surface area (Å²) in [4.78, 5) is 15.2. The van der Waals surface area contributed by atoms with Gasteiger partial charge in [-0.05, 0) is 85.9 Å². The van der Waals surface area contributed by atoms with Gasteiger partial charge in [-0.25, -0.2) is 5.43 Å². The zero-order chi connectivity index (χ0) is 25.4. The van der Waals surface area contributed by atoms with Gasteiger partial charge in [0.1, 0.15) is 0 Å². The zero-order valence-corrected chi connectivity index (χ0v) is 21.9. The first-order chi connectivity index (χ1) is 17.4. The maximum absolute atomic E-state index is 12.6. The van der Waals surface area contributed by atoms with Gasteiger partial charge in [0.15, 0.2) is 0 Å². The van der Waals surface area contributed by atoms with E-state index >= 15 is 0 Å². The first kappa shape index (κ1) is 25.8. The third kappa shape index (κ3) is 7.38. The smallest absolute Gasteiger partial charge is 0.271 e. The number of amides is 1. The van der Waals surface area contributed by atoms with Gasteiger partial charge in [0, 0.05) is 17.8 Å². The molecular formula is C32H39N3O. The van der Waals surface area contributed by atoms with Crippen molar-refractivity contribution in [1.82, 2.24) is 10.3 Å². The van der Waals surface area contributed by atoms with Crippen LogP contribution < -0.4 is 5.43 Å². The largest absolute Gasteiger partial charge is 0.299 e. The molecule has 0 aromatic heterocycles. The van der Waals surface area contributed by atoms with E-state index in [0.29, 0.717) is 5.56 Å². The molecule has 0 saturated carbocycles. The zero-order valence-electron chi connectivity index (χ0n) is 21.9. The quantitative estimate of drug-likeness (QED) is 0.276. The molecule has 36 heavy (non-hydrogen) atoms. The minimum atomic E-state index is -0.167. The number of piperidine rings is 1. The number of nitrogens with one attached hydrogen (secondary N) is 1. The highest BCUT2D eigenvalue weighted by molar-refractivity contribution is 5.95. The summed E-state index contributed by atoms with van der Waals surface area (Å²) in [7, 11) is 0. The number of carbonyl (C=O) groups is 1. The van der Waals surface area contributed by atoms with E-state index in [1.807, 2.05) is 25.1 Å². The Kier molecular flexibility index (Phi) is 8.71. The second-order valence-corrected chi connectivity index (χ2v) is 10.8. The number of hydrogen-bond donors (Lipinski definition) is 1. The lowest BCUT2D eigenvalue weighted by Gasteiger charge is -2.32. The van der Waals surface area contributed by atoms with Crippen molar-refractivity contribution < 1.29 is 4.79 Å². The number of hydrogen-bond acceptors (Lipinski definition) is 3. The Hall–Kier alpha value is -3.24. The first-order valence-electron chi connectivity index (χ1n) is 13.1. The van der Waals surface area contributed by atoms with Crippen LogP contribution in [0.15, 0.2) is 90.0 Å². The molecule has 4 rings (SSSR count). The van der Waals surface area contributed by atoms with Gasteiger partial charge in [-0.15, -0.1) is 0 Å². The molecule has 1 amide bonds. The van der Waals surface area contributed by atoms with Gasteiger partial charge in [-0.3, -0.25) is 9.69 Å². The third-order valence-electron chi connectivity index (χ3n) is 7.30. The van der Waals surface area contributed by atoms with E-state index in [2.05, 4.69) is 96.0 Å². The topological polar surface area (TPSA) is 44.7 Å². The van der Waals surface area contributed by atoms with E-state index in [1.165, 1.54) is 36.0 Å². The fraction of sp³-hybridized carbons (Fsp3) is 0.375. The normalized spacial score (nSPS) is 15.6. The van der Waals surface area contributed by atoms with E-state index in [-0.39, 0.29) is 11.3 Å². The van der Waals surface area contributed by atoms with Gasteiger partial charge >= 0.3 is 0 Å². The standard InChI is InChI=1S/C32H39N3O/c1-25(23-32(2,3)30-12-8-5-9-13-30)33-34-31(36)29-16-14-28(15-17-29)24-35-20-18-27(19-21-35)22-26-10-6-4-7-11-26/h4-17,27H,18-24H2,1-3H3,(H,34,36)/b33-25-. The fourth-order valence-corrected chi connectivity index (χ4v) is 5.20. The van der Waals surface area contributed by atoms with Crippen molar-refractivity contribution in [2.75, 3.05) is 13.1 Å². The van der Waals surface area contributed by atoms with Crippen molar-refractivity contribution in [1.29, 1.82) is 0 Å². The Morgan fingerprint density at radius 2 is 1.50 bits per heavy atom. The van der Waals surface area contributed by atoms with Crippen molar-refractivity contribution >= 4 is 11.6 Å². The van der Waals surface area contributed by atoms with E-state index in [1.54, 1.807) is 0 Å². The molecule has 3 aromatic rings.